The number of aryl methyl sites for hydroxylation is 1. The summed E-state index contributed by atoms with van der Waals surface area (Å²) in [6.07, 6.45) is 1.58. The van der Waals surface area contributed by atoms with E-state index in [4.69, 9.17) is 5.73 Å². The Balaban J connectivity index is 1.70. The number of anilines is 1. The zero-order valence-electron chi connectivity index (χ0n) is 14.5. The van der Waals surface area contributed by atoms with Crippen LogP contribution in [0.25, 0.3) is 5.69 Å². The van der Waals surface area contributed by atoms with E-state index in [2.05, 4.69) is 15.4 Å². The molecule has 0 saturated carbocycles. The van der Waals surface area contributed by atoms with Gasteiger partial charge in [-0.1, -0.05) is 11.3 Å². The van der Waals surface area contributed by atoms with Crippen LogP contribution >= 0.6 is 23.1 Å². The smallest absolute Gasteiger partial charge is 0.277 e. The number of carbonyl (C=O) groups excluding carboxylic acids is 2. The van der Waals surface area contributed by atoms with E-state index in [0.717, 1.165) is 4.21 Å². The number of nitro benzene ring substituents is 1. The Hall–Kier alpha value is -3.25. The zero-order chi connectivity index (χ0) is 20.3. The van der Waals surface area contributed by atoms with Crippen molar-refractivity contribution in [3.8, 4) is 5.69 Å². The predicted molar refractivity (Wildman–Crippen MR) is 105 cm³/mol. The van der Waals surface area contributed by atoms with Crippen molar-refractivity contribution < 1.29 is 14.5 Å². The Morgan fingerprint density at radius 3 is 2.68 bits per heavy atom. The predicted octanol–water partition coefficient (Wildman–Crippen LogP) is 2.38. The van der Waals surface area contributed by atoms with E-state index in [9.17, 15) is 19.7 Å². The van der Waals surface area contributed by atoms with E-state index >= 15 is 0 Å². The maximum atomic E-state index is 12.4. The van der Waals surface area contributed by atoms with Gasteiger partial charge in [0.25, 0.3) is 11.6 Å². The number of hydrogen-bond donors (Lipinski definition) is 2. The van der Waals surface area contributed by atoms with Gasteiger partial charge in [0.1, 0.15) is 0 Å². The first kappa shape index (κ1) is 19.5. The number of nitro groups is 1. The van der Waals surface area contributed by atoms with Gasteiger partial charge in [0.2, 0.25) is 5.91 Å². The van der Waals surface area contributed by atoms with Crippen LogP contribution in [-0.2, 0) is 4.79 Å². The molecule has 3 N–H and O–H groups in total. The molecule has 0 fully saturated rings. The fourth-order valence-corrected chi connectivity index (χ4v) is 4.06. The molecule has 28 heavy (non-hydrogen) atoms. The van der Waals surface area contributed by atoms with E-state index < -0.39 is 16.7 Å². The highest BCUT2D eigenvalue weighted by molar-refractivity contribution is 8.01. The summed E-state index contributed by atoms with van der Waals surface area (Å²) in [4.78, 5) is 37.8. The molecule has 0 aliphatic carbocycles. The van der Waals surface area contributed by atoms with Crippen LogP contribution in [0.5, 0.6) is 0 Å². The van der Waals surface area contributed by atoms with Crippen molar-refractivity contribution in [2.24, 2.45) is 5.73 Å². The standard InChI is InChI=1S/C16H14N6O4S2/c1-9-15(27-8-13(17)23)28-16(18-9)19-14(24)12-6-7-21(20-12)10-2-4-11(5-3-10)22(25)26/h2-7H,8H2,1H3,(H2,17,23)(H,18,19,24). The summed E-state index contributed by atoms with van der Waals surface area (Å²) in [5.41, 5.74) is 6.55. The highest BCUT2D eigenvalue weighted by atomic mass is 32.2. The lowest BCUT2D eigenvalue weighted by atomic mass is 10.3. The Labute approximate surface area is 166 Å². The number of benzene rings is 1. The molecule has 0 bridgehead atoms. The molecular formula is C16H14N6O4S2. The van der Waals surface area contributed by atoms with Crippen LogP contribution in [0, 0.1) is 17.0 Å². The Morgan fingerprint density at radius 1 is 1.32 bits per heavy atom. The molecular weight excluding hydrogens is 404 g/mol. The molecule has 0 unspecified atom stereocenters. The zero-order valence-corrected chi connectivity index (χ0v) is 16.1. The van der Waals surface area contributed by atoms with Gasteiger partial charge in [-0.05, 0) is 25.1 Å². The highest BCUT2D eigenvalue weighted by Gasteiger charge is 2.15. The van der Waals surface area contributed by atoms with Gasteiger partial charge >= 0.3 is 0 Å². The first-order chi connectivity index (χ1) is 13.3. The topological polar surface area (TPSA) is 146 Å². The molecule has 0 spiro atoms. The van der Waals surface area contributed by atoms with Crippen molar-refractivity contribution in [3.05, 3.63) is 58.0 Å². The molecule has 1 aromatic carbocycles. The highest BCUT2D eigenvalue weighted by Crippen LogP contribution is 2.32. The maximum Gasteiger partial charge on any atom is 0.277 e. The molecule has 0 radical (unpaired) electrons. The molecule has 0 aliphatic heterocycles. The number of nitrogens with one attached hydrogen (secondary N) is 1. The lowest BCUT2D eigenvalue weighted by Gasteiger charge is -2.01. The molecule has 2 heterocycles. The van der Waals surface area contributed by atoms with Crippen LogP contribution < -0.4 is 11.1 Å². The third kappa shape index (κ3) is 4.53. The summed E-state index contributed by atoms with van der Waals surface area (Å²) in [7, 11) is 0. The molecule has 12 heteroatoms. The summed E-state index contributed by atoms with van der Waals surface area (Å²) in [5, 5.41) is 18.0. The third-order valence-corrected chi connectivity index (χ3v) is 5.92. The lowest BCUT2D eigenvalue weighted by molar-refractivity contribution is -0.384. The van der Waals surface area contributed by atoms with Gasteiger partial charge in [-0.3, -0.25) is 25.0 Å². The second kappa shape index (κ2) is 8.19. The van der Waals surface area contributed by atoms with Gasteiger partial charge in [0.15, 0.2) is 10.8 Å². The minimum absolute atomic E-state index is 0.0296. The van der Waals surface area contributed by atoms with E-state index in [1.54, 1.807) is 25.3 Å². The van der Waals surface area contributed by atoms with Crippen molar-refractivity contribution >= 4 is 45.7 Å². The average molecular weight is 418 g/mol. The Bertz CT molecular complexity index is 1040. The number of rotatable bonds is 7. The summed E-state index contributed by atoms with van der Waals surface area (Å²) in [6, 6.07) is 7.33. The number of amides is 2. The quantitative estimate of drug-likeness (QED) is 0.340. The first-order valence-corrected chi connectivity index (χ1v) is 9.64. The van der Waals surface area contributed by atoms with Gasteiger partial charge in [-0.25, -0.2) is 9.67 Å². The minimum Gasteiger partial charge on any atom is -0.369 e. The number of hydrogen-bond acceptors (Lipinski definition) is 8. The largest absolute Gasteiger partial charge is 0.369 e. The summed E-state index contributed by atoms with van der Waals surface area (Å²) in [5.74, 6) is -0.739. The summed E-state index contributed by atoms with van der Waals surface area (Å²) >= 11 is 2.51. The van der Waals surface area contributed by atoms with Crippen molar-refractivity contribution in [3.63, 3.8) is 0 Å². The SMILES string of the molecule is Cc1nc(NC(=O)c2ccn(-c3ccc([N+](=O)[O-])cc3)n2)sc1SCC(N)=O. The minimum atomic E-state index is -0.488. The van der Waals surface area contributed by atoms with Gasteiger partial charge in [-0.15, -0.1) is 11.8 Å². The van der Waals surface area contributed by atoms with Gasteiger partial charge < -0.3 is 5.73 Å². The molecule has 0 aliphatic rings. The molecule has 0 atom stereocenters. The van der Waals surface area contributed by atoms with Crippen LogP contribution in [-0.4, -0.2) is 37.3 Å². The number of carbonyl (C=O) groups is 2. The van der Waals surface area contributed by atoms with Crippen LogP contribution in [0.15, 0.2) is 40.7 Å². The normalized spacial score (nSPS) is 10.6. The van der Waals surface area contributed by atoms with Crippen molar-refractivity contribution in [2.45, 2.75) is 11.1 Å². The monoisotopic (exact) mass is 418 g/mol. The van der Waals surface area contributed by atoms with E-state index in [1.165, 1.54) is 46.0 Å². The molecule has 0 saturated heterocycles. The van der Waals surface area contributed by atoms with Gasteiger partial charge in [0, 0.05) is 18.3 Å². The summed E-state index contributed by atoms with van der Waals surface area (Å²) < 4.78 is 2.24. The second-order valence-corrected chi connectivity index (χ2v) is 7.76. The molecule has 2 amide bonds. The fraction of sp³-hybridized carbons (Fsp3) is 0.125. The van der Waals surface area contributed by atoms with Crippen LogP contribution in [0.1, 0.15) is 16.2 Å². The summed E-state index contributed by atoms with van der Waals surface area (Å²) in [6.45, 7) is 1.78. The number of primary amides is 1. The Morgan fingerprint density at radius 2 is 2.04 bits per heavy atom. The number of non-ortho nitro benzene ring substituents is 1. The number of aromatic nitrogens is 3. The van der Waals surface area contributed by atoms with Crippen molar-refractivity contribution in [1.29, 1.82) is 0 Å². The van der Waals surface area contributed by atoms with Crippen LogP contribution in [0.4, 0.5) is 10.8 Å². The van der Waals surface area contributed by atoms with Crippen molar-refractivity contribution in [2.75, 3.05) is 11.1 Å². The van der Waals surface area contributed by atoms with Crippen LogP contribution in [0.2, 0.25) is 0 Å². The molecule has 144 valence electrons. The average Bonchev–Trinajstić information content (AvgIpc) is 3.27. The fourth-order valence-electron chi connectivity index (χ4n) is 2.18. The third-order valence-electron chi connectivity index (χ3n) is 3.47. The van der Waals surface area contributed by atoms with Crippen LogP contribution in [0.3, 0.4) is 0 Å². The number of nitrogens with zero attached hydrogens (tertiary/aromatic N) is 4. The van der Waals surface area contributed by atoms with Gasteiger partial charge in [-0.2, -0.15) is 5.10 Å². The number of thiazole rings is 1. The second-order valence-electron chi connectivity index (χ2n) is 5.52. The van der Waals surface area contributed by atoms with E-state index in [1.807, 2.05) is 0 Å². The number of thioether (sulfide) groups is 1. The number of nitrogens with two attached hydrogens (primary N) is 1. The molecule has 3 aromatic rings. The van der Waals surface area contributed by atoms with Crippen molar-refractivity contribution in [1.82, 2.24) is 14.8 Å². The maximum absolute atomic E-state index is 12.4. The Kier molecular flexibility index (Phi) is 5.70. The molecule has 3 rings (SSSR count). The van der Waals surface area contributed by atoms with E-state index in [-0.39, 0.29) is 17.1 Å². The first-order valence-electron chi connectivity index (χ1n) is 7.84. The lowest BCUT2D eigenvalue weighted by Crippen LogP contribution is -2.13. The molecule has 2 aromatic heterocycles. The van der Waals surface area contributed by atoms with E-state index in [0.29, 0.717) is 16.5 Å². The molecule has 10 nitrogen and oxygen atoms in total. The van der Waals surface area contributed by atoms with Gasteiger partial charge in [0.05, 0.1) is 26.3 Å².